The van der Waals surface area contributed by atoms with Crippen molar-refractivity contribution in [2.24, 2.45) is 5.92 Å². The van der Waals surface area contributed by atoms with E-state index in [0.717, 1.165) is 22.9 Å². The molecule has 1 N–H and O–H groups in total. The standard InChI is InChI=1S/C21H29BrN2O5/c1-13(15-10-17-18(11-16(15)22)28-9-8-27-17)23-19(25)14-6-5-7-24(12-14)20(26)29-21(2,3)4/h10-11,13-14H,5-9,12H2,1-4H3,(H,23,25). The highest BCUT2D eigenvalue weighted by molar-refractivity contribution is 9.10. The lowest BCUT2D eigenvalue weighted by Crippen LogP contribution is -2.47. The van der Waals surface area contributed by atoms with E-state index < -0.39 is 5.60 Å². The van der Waals surface area contributed by atoms with Gasteiger partial charge in [-0.05, 0) is 58.2 Å². The van der Waals surface area contributed by atoms with Gasteiger partial charge in [0.25, 0.3) is 0 Å². The molecule has 0 aliphatic carbocycles. The van der Waals surface area contributed by atoms with E-state index in [-0.39, 0.29) is 24.0 Å². The summed E-state index contributed by atoms with van der Waals surface area (Å²) in [4.78, 5) is 26.8. The molecular formula is C21H29BrN2O5. The van der Waals surface area contributed by atoms with Crippen LogP contribution in [0.4, 0.5) is 4.79 Å². The lowest BCUT2D eigenvalue weighted by atomic mass is 9.96. The molecule has 7 nitrogen and oxygen atoms in total. The van der Waals surface area contributed by atoms with Crippen molar-refractivity contribution >= 4 is 27.9 Å². The van der Waals surface area contributed by atoms with Gasteiger partial charge in [-0.25, -0.2) is 4.79 Å². The predicted molar refractivity (Wildman–Crippen MR) is 112 cm³/mol. The fourth-order valence-electron chi connectivity index (χ4n) is 3.50. The smallest absolute Gasteiger partial charge is 0.410 e. The maximum atomic E-state index is 12.9. The fourth-order valence-corrected chi connectivity index (χ4v) is 4.17. The number of nitrogens with one attached hydrogen (secondary N) is 1. The number of hydrogen-bond donors (Lipinski definition) is 1. The number of benzene rings is 1. The first-order chi connectivity index (χ1) is 13.6. The first-order valence-electron chi connectivity index (χ1n) is 10.0. The van der Waals surface area contributed by atoms with E-state index in [9.17, 15) is 9.59 Å². The van der Waals surface area contributed by atoms with Crippen molar-refractivity contribution in [3.8, 4) is 11.5 Å². The molecule has 8 heteroatoms. The average Bonchev–Trinajstić information content (AvgIpc) is 2.66. The number of ether oxygens (including phenoxy) is 3. The number of amides is 2. The highest BCUT2D eigenvalue weighted by Crippen LogP contribution is 2.38. The molecule has 2 amide bonds. The maximum absolute atomic E-state index is 12.9. The van der Waals surface area contributed by atoms with Crippen LogP contribution >= 0.6 is 15.9 Å². The van der Waals surface area contributed by atoms with Crippen molar-refractivity contribution in [1.29, 1.82) is 0 Å². The van der Waals surface area contributed by atoms with E-state index in [1.807, 2.05) is 39.8 Å². The number of carbonyl (C=O) groups excluding carboxylic acids is 2. The number of carbonyl (C=O) groups is 2. The molecule has 2 unspecified atom stereocenters. The molecule has 0 spiro atoms. The molecule has 1 saturated heterocycles. The summed E-state index contributed by atoms with van der Waals surface area (Å²) in [6.45, 7) is 9.47. The molecule has 0 saturated carbocycles. The third-order valence-electron chi connectivity index (χ3n) is 4.93. The van der Waals surface area contributed by atoms with Gasteiger partial charge in [0.15, 0.2) is 11.5 Å². The summed E-state index contributed by atoms with van der Waals surface area (Å²) in [7, 11) is 0. The van der Waals surface area contributed by atoms with Crippen molar-refractivity contribution in [1.82, 2.24) is 10.2 Å². The number of hydrogen-bond acceptors (Lipinski definition) is 5. The van der Waals surface area contributed by atoms with Crippen molar-refractivity contribution in [2.75, 3.05) is 26.3 Å². The Morgan fingerprint density at radius 3 is 2.55 bits per heavy atom. The summed E-state index contributed by atoms with van der Waals surface area (Å²) >= 11 is 3.56. The Morgan fingerprint density at radius 2 is 1.90 bits per heavy atom. The molecule has 2 aliphatic heterocycles. The normalized spacial score (nSPS) is 20.0. The van der Waals surface area contributed by atoms with Gasteiger partial charge in [-0.2, -0.15) is 0 Å². The molecule has 0 bridgehead atoms. The molecule has 2 aliphatic rings. The topological polar surface area (TPSA) is 77.1 Å². The zero-order valence-corrected chi connectivity index (χ0v) is 19.0. The minimum Gasteiger partial charge on any atom is -0.486 e. The van der Waals surface area contributed by atoms with E-state index in [1.54, 1.807) is 4.90 Å². The Bertz CT molecular complexity index is 777. The third-order valence-corrected chi connectivity index (χ3v) is 5.62. The molecular weight excluding hydrogens is 440 g/mol. The number of halogens is 1. The van der Waals surface area contributed by atoms with Crippen molar-refractivity contribution in [3.05, 3.63) is 22.2 Å². The van der Waals surface area contributed by atoms with E-state index >= 15 is 0 Å². The maximum Gasteiger partial charge on any atom is 0.410 e. The van der Waals surface area contributed by atoms with Crippen molar-refractivity contribution in [3.63, 3.8) is 0 Å². The zero-order chi connectivity index (χ0) is 21.2. The molecule has 29 heavy (non-hydrogen) atoms. The zero-order valence-electron chi connectivity index (χ0n) is 17.4. The van der Waals surface area contributed by atoms with Crippen LogP contribution in [0.5, 0.6) is 11.5 Å². The van der Waals surface area contributed by atoms with Crippen LogP contribution in [0.25, 0.3) is 0 Å². The summed E-state index contributed by atoms with van der Waals surface area (Å²) < 4.78 is 17.5. The summed E-state index contributed by atoms with van der Waals surface area (Å²) in [5.74, 6) is 1.07. The van der Waals surface area contributed by atoms with Gasteiger partial charge >= 0.3 is 6.09 Å². The Balaban J connectivity index is 1.63. The van der Waals surface area contributed by atoms with E-state index in [0.29, 0.717) is 37.8 Å². The molecule has 0 radical (unpaired) electrons. The van der Waals surface area contributed by atoms with E-state index in [1.165, 1.54) is 0 Å². The van der Waals surface area contributed by atoms with Crippen LogP contribution in [0.2, 0.25) is 0 Å². The third kappa shape index (κ3) is 5.56. The highest BCUT2D eigenvalue weighted by Gasteiger charge is 2.32. The van der Waals surface area contributed by atoms with Crippen LogP contribution in [0.1, 0.15) is 52.1 Å². The van der Waals surface area contributed by atoms with Gasteiger partial charge in [0, 0.05) is 17.6 Å². The molecule has 1 fully saturated rings. The monoisotopic (exact) mass is 468 g/mol. The van der Waals surface area contributed by atoms with Crippen molar-refractivity contribution < 1.29 is 23.8 Å². The minimum absolute atomic E-state index is 0.0625. The quantitative estimate of drug-likeness (QED) is 0.723. The number of fused-ring (bicyclic) bond motifs is 1. The van der Waals surface area contributed by atoms with Gasteiger partial charge in [0.05, 0.1) is 12.0 Å². The molecule has 1 aromatic rings. The molecule has 0 aromatic heterocycles. The van der Waals surface area contributed by atoms with Crippen molar-refractivity contribution in [2.45, 2.75) is 52.2 Å². The summed E-state index contributed by atoms with van der Waals surface area (Å²) in [5.41, 5.74) is 0.369. The van der Waals surface area contributed by atoms with Gasteiger partial charge in [-0.15, -0.1) is 0 Å². The predicted octanol–water partition coefficient (Wildman–Crippen LogP) is 4.04. The first kappa shape index (κ1) is 21.7. The van der Waals surface area contributed by atoms with Gasteiger partial charge in [-0.3, -0.25) is 4.79 Å². The van der Waals surface area contributed by atoms with Crippen LogP contribution in [-0.4, -0.2) is 48.8 Å². The Morgan fingerprint density at radius 1 is 1.24 bits per heavy atom. The second kappa shape index (κ2) is 8.81. The SMILES string of the molecule is CC(NC(=O)C1CCCN(C(=O)OC(C)(C)C)C1)c1cc2c(cc1Br)OCCO2. The van der Waals surface area contributed by atoms with Gasteiger partial charge in [0.1, 0.15) is 18.8 Å². The summed E-state index contributed by atoms with van der Waals surface area (Å²) in [6, 6.07) is 3.55. The Kier molecular flexibility index (Phi) is 6.61. The van der Waals surface area contributed by atoms with E-state index in [2.05, 4.69) is 21.2 Å². The lowest BCUT2D eigenvalue weighted by molar-refractivity contribution is -0.127. The number of piperidine rings is 1. The van der Waals surface area contributed by atoms with Crippen LogP contribution < -0.4 is 14.8 Å². The van der Waals surface area contributed by atoms with Gasteiger partial charge in [0.2, 0.25) is 5.91 Å². The van der Waals surface area contributed by atoms with Crippen LogP contribution in [0.15, 0.2) is 16.6 Å². The largest absolute Gasteiger partial charge is 0.486 e. The average molecular weight is 469 g/mol. The number of rotatable bonds is 3. The second-order valence-corrected chi connectivity index (χ2v) is 9.37. The molecule has 2 heterocycles. The van der Waals surface area contributed by atoms with Gasteiger partial charge in [-0.1, -0.05) is 15.9 Å². The fraction of sp³-hybridized carbons (Fsp3) is 0.619. The molecule has 1 aromatic carbocycles. The van der Waals surface area contributed by atoms with Crippen LogP contribution in [0.3, 0.4) is 0 Å². The second-order valence-electron chi connectivity index (χ2n) is 8.51. The Labute approximate surface area is 180 Å². The lowest BCUT2D eigenvalue weighted by Gasteiger charge is -2.34. The van der Waals surface area contributed by atoms with Crippen LogP contribution in [0, 0.1) is 5.92 Å². The molecule has 160 valence electrons. The highest BCUT2D eigenvalue weighted by atomic mass is 79.9. The summed E-state index contributed by atoms with van der Waals surface area (Å²) in [5, 5.41) is 3.08. The van der Waals surface area contributed by atoms with Gasteiger partial charge < -0.3 is 24.4 Å². The molecule has 3 rings (SSSR count). The Hall–Kier alpha value is -1.96. The minimum atomic E-state index is -0.550. The first-order valence-corrected chi connectivity index (χ1v) is 10.8. The number of likely N-dealkylation sites (tertiary alicyclic amines) is 1. The number of nitrogens with zero attached hydrogens (tertiary/aromatic N) is 1. The summed E-state index contributed by atoms with van der Waals surface area (Å²) in [6.07, 6.45) is 1.16. The molecule has 2 atom stereocenters. The van der Waals surface area contributed by atoms with Crippen LogP contribution in [-0.2, 0) is 9.53 Å². The van der Waals surface area contributed by atoms with E-state index in [4.69, 9.17) is 14.2 Å².